The van der Waals surface area contributed by atoms with Gasteiger partial charge in [0.2, 0.25) is 5.75 Å². The molecule has 9 heteroatoms. The van der Waals surface area contributed by atoms with Gasteiger partial charge in [0, 0.05) is 11.6 Å². The van der Waals surface area contributed by atoms with Gasteiger partial charge in [-0.05, 0) is 24.3 Å². The van der Waals surface area contributed by atoms with Gasteiger partial charge in [-0.15, -0.1) is 0 Å². The van der Waals surface area contributed by atoms with Gasteiger partial charge in [-0.2, -0.15) is 13.2 Å². The van der Waals surface area contributed by atoms with Crippen LogP contribution in [0.25, 0.3) is 0 Å². The zero-order valence-electron chi connectivity index (χ0n) is 11.2. The second-order valence-corrected chi connectivity index (χ2v) is 4.32. The molecule has 0 aliphatic heterocycles. The summed E-state index contributed by atoms with van der Waals surface area (Å²) in [5, 5.41) is 21.9. The van der Waals surface area contributed by atoms with Gasteiger partial charge in [-0.1, -0.05) is 12.1 Å². The number of nitrogens with zero attached hydrogens (tertiary/aromatic N) is 1. The quantitative estimate of drug-likeness (QED) is 0.636. The third-order valence-corrected chi connectivity index (χ3v) is 2.81. The standard InChI is InChI=1S/C14H8F3NO5/c15-14(16,17)8-5-6-12(10(7-8)18(21)22)23-11-4-2-1-3-9(11)13(19)20/h1-7H,(H,19,20)/p-1. The number of carboxylic acid groups (broad SMARTS) is 1. The zero-order chi connectivity index (χ0) is 17.2. The Morgan fingerprint density at radius 3 is 2.30 bits per heavy atom. The smallest absolute Gasteiger partial charge is 0.416 e. The molecule has 0 heterocycles. The first kappa shape index (κ1) is 16.3. The number of hydrogen-bond acceptors (Lipinski definition) is 5. The molecule has 0 unspecified atom stereocenters. The third-order valence-electron chi connectivity index (χ3n) is 2.81. The second kappa shape index (κ2) is 5.95. The maximum absolute atomic E-state index is 12.6. The number of carbonyl (C=O) groups excluding carboxylic acids is 1. The Morgan fingerprint density at radius 2 is 1.74 bits per heavy atom. The van der Waals surface area contributed by atoms with Crippen LogP contribution in [-0.2, 0) is 6.18 Å². The molecule has 0 aromatic heterocycles. The Bertz CT molecular complexity index is 773. The molecule has 0 atom stereocenters. The number of nitro benzene ring substituents is 1. The predicted octanol–water partition coefficient (Wildman–Crippen LogP) is 2.77. The molecule has 2 aromatic rings. The van der Waals surface area contributed by atoms with E-state index in [1.807, 2.05) is 0 Å². The van der Waals surface area contributed by atoms with Gasteiger partial charge in [-0.25, -0.2) is 0 Å². The summed E-state index contributed by atoms with van der Waals surface area (Å²) >= 11 is 0. The molecule has 0 saturated carbocycles. The van der Waals surface area contributed by atoms with Gasteiger partial charge in [0.05, 0.1) is 16.5 Å². The van der Waals surface area contributed by atoms with Crippen molar-refractivity contribution in [2.75, 3.05) is 0 Å². The molecule has 6 nitrogen and oxygen atoms in total. The Kier molecular flexibility index (Phi) is 4.21. The number of carboxylic acids is 1. The van der Waals surface area contributed by atoms with Crippen LogP contribution in [-0.4, -0.2) is 10.9 Å². The van der Waals surface area contributed by atoms with E-state index in [1.165, 1.54) is 18.2 Å². The lowest BCUT2D eigenvalue weighted by Crippen LogP contribution is -2.22. The fourth-order valence-electron chi connectivity index (χ4n) is 1.77. The molecule has 0 bridgehead atoms. The summed E-state index contributed by atoms with van der Waals surface area (Å²) in [6, 6.07) is 6.79. The van der Waals surface area contributed by atoms with E-state index in [9.17, 15) is 33.2 Å². The number of nitro groups is 1. The molecule has 0 N–H and O–H groups in total. The average Bonchev–Trinajstić information content (AvgIpc) is 2.46. The summed E-state index contributed by atoms with van der Waals surface area (Å²) < 4.78 is 42.9. The van der Waals surface area contributed by atoms with Crippen molar-refractivity contribution >= 4 is 11.7 Å². The highest BCUT2D eigenvalue weighted by Crippen LogP contribution is 2.38. The van der Waals surface area contributed by atoms with Crippen LogP contribution >= 0.6 is 0 Å². The first-order valence-electron chi connectivity index (χ1n) is 6.04. The normalized spacial score (nSPS) is 11.1. The maximum Gasteiger partial charge on any atom is 0.416 e. The molecule has 120 valence electrons. The number of ether oxygens (including phenoxy) is 1. The van der Waals surface area contributed by atoms with Crippen molar-refractivity contribution in [2.45, 2.75) is 6.18 Å². The van der Waals surface area contributed by atoms with Crippen molar-refractivity contribution in [3.8, 4) is 11.5 Å². The summed E-state index contributed by atoms with van der Waals surface area (Å²) in [4.78, 5) is 20.8. The minimum Gasteiger partial charge on any atom is -0.545 e. The van der Waals surface area contributed by atoms with E-state index in [0.717, 1.165) is 12.1 Å². The minimum atomic E-state index is -4.76. The number of para-hydroxylation sites is 1. The molecule has 0 radical (unpaired) electrons. The van der Waals surface area contributed by atoms with Crippen LogP contribution in [0.3, 0.4) is 0 Å². The molecule has 0 spiro atoms. The van der Waals surface area contributed by atoms with Gasteiger partial charge in [-0.3, -0.25) is 10.1 Å². The zero-order valence-corrected chi connectivity index (χ0v) is 11.2. The maximum atomic E-state index is 12.6. The predicted molar refractivity (Wildman–Crippen MR) is 68.9 cm³/mol. The Balaban J connectivity index is 2.49. The molecular formula is C14H7F3NO5-. The molecule has 2 aromatic carbocycles. The SMILES string of the molecule is O=C([O-])c1ccccc1Oc1ccc(C(F)(F)F)cc1[N+](=O)[O-]. The van der Waals surface area contributed by atoms with E-state index >= 15 is 0 Å². The second-order valence-electron chi connectivity index (χ2n) is 4.32. The van der Waals surface area contributed by atoms with Gasteiger partial charge < -0.3 is 14.6 Å². The van der Waals surface area contributed by atoms with Crippen LogP contribution in [0.15, 0.2) is 42.5 Å². The van der Waals surface area contributed by atoms with Crippen molar-refractivity contribution in [1.29, 1.82) is 0 Å². The Labute approximate surface area is 126 Å². The first-order valence-corrected chi connectivity index (χ1v) is 6.04. The summed E-state index contributed by atoms with van der Waals surface area (Å²) in [7, 11) is 0. The van der Waals surface area contributed by atoms with E-state index in [0.29, 0.717) is 12.1 Å². The van der Waals surface area contributed by atoms with Crippen LogP contribution in [0.4, 0.5) is 18.9 Å². The lowest BCUT2D eigenvalue weighted by Gasteiger charge is -2.13. The molecular weight excluding hydrogens is 319 g/mol. The number of aromatic carboxylic acids is 1. The number of hydrogen-bond donors (Lipinski definition) is 0. The number of rotatable bonds is 4. The lowest BCUT2D eigenvalue weighted by atomic mass is 10.1. The van der Waals surface area contributed by atoms with Gasteiger partial charge in [0.1, 0.15) is 5.75 Å². The van der Waals surface area contributed by atoms with Crippen molar-refractivity contribution in [2.24, 2.45) is 0 Å². The molecule has 0 aliphatic carbocycles. The highest BCUT2D eigenvalue weighted by Gasteiger charge is 2.33. The van der Waals surface area contributed by atoms with Gasteiger partial charge in [0.15, 0.2) is 0 Å². The molecule has 2 rings (SSSR count). The van der Waals surface area contributed by atoms with E-state index < -0.39 is 34.1 Å². The number of benzene rings is 2. The van der Waals surface area contributed by atoms with Crippen molar-refractivity contribution in [3.05, 3.63) is 63.7 Å². The van der Waals surface area contributed by atoms with Crippen LogP contribution in [0.5, 0.6) is 11.5 Å². The fraction of sp³-hybridized carbons (Fsp3) is 0.0714. The highest BCUT2D eigenvalue weighted by molar-refractivity contribution is 5.89. The molecule has 0 saturated heterocycles. The van der Waals surface area contributed by atoms with Gasteiger partial charge >= 0.3 is 11.9 Å². The molecule has 0 fully saturated rings. The van der Waals surface area contributed by atoms with Crippen molar-refractivity contribution in [1.82, 2.24) is 0 Å². The molecule has 0 aliphatic rings. The van der Waals surface area contributed by atoms with Crippen molar-refractivity contribution in [3.63, 3.8) is 0 Å². The van der Waals surface area contributed by atoms with Crippen LogP contribution in [0, 0.1) is 10.1 Å². The van der Waals surface area contributed by atoms with E-state index in [1.54, 1.807) is 0 Å². The van der Waals surface area contributed by atoms with Gasteiger partial charge in [0.25, 0.3) is 0 Å². The van der Waals surface area contributed by atoms with E-state index in [4.69, 9.17) is 4.74 Å². The number of halogens is 3. The first-order chi connectivity index (χ1) is 10.7. The monoisotopic (exact) mass is 326 g/mol. The highest BCUT2D eigenvalue weighted by atomic mass is 19.4. The van der Waals surface area contributed by atoms with E-state index in [2.05, 4.69) is 0 Å². The lowest BCUT2D eigenvalue weighted by molar-refractivity contribution is -0.385. The topological polar surface area (TPSA) is 92.5 Å². The Hall–Kier alpha value is -3.10. The van der Waals surface area contributed by atoms with Crippen molar-refractivity contribution < 1.29 is 32.7 Å². The molecule has 0 amide bonds. The summed E-state index contributed by atoms with van der Waals surface area (Å²) in [5.41, 5.74) is -2.54. The Morgan fingerprint density at radius 1 is 1.09 bits per heavy atom. The van der Waals surface area contributed by atoms with Crippen LogP contribution in [0.2, 0.25) is 0 Å². The minimum absolute atomic E-state index is 0.282. The third kappa shape index (κ3) is 3.57. The fourth-order valence-corrected chi connectivity index (χ4v) is 1.77. The summed E-state index contributed by atoms with van der Waals surface area (Å²) in [6.07, 6.45) is -4.76. The van der Waals surface area contributed by atoms with E-state index in [-0.39, 0.29) is 11.3 Å². The number of carbonyl (C=O) groups is 1. The molecule has 23 heavy (non-hydrogen) atoms. The van der Waals surface area contributed by atoms with Crippen LogP contribution in [0.1, 0.15) is 15.9 Å². The summed E-state index contributed by atoms with van der Waals surface area (Å²) in [6.45, 7) is 0. The number of alkyl halides is 3. The van der Waals surface area contributed by atoms with Crippen LogP contribution < -0.4 is 9.84 Å². The summed E-state index contributed by atoms with van der Waals surface area (Å²) in [5.74, 6) is -2.39. The largest absolute Gasteiger partial charge is 0.545 e. The average molecular weight is 326 g/mol.